The van der Waals surface area contributed by atoms with Crippen LogP contribution in [0.25, 0.3) is 0 Å². The SMILES string of the molecule is Cc1[nH]nc(CCC(=O)NC2(C)CCNCC2)c1C. The standard InChI is InChI=1S/C14H24N4O/c1-10-11(2)17-18-12(10)4-5-13(19)16-14(3)6-8-15-9-7-14/h15H,4-9H2,1-3H3,(H,16,19)(H,17,18). The first-order chi connectivity index (χ1) is 9.00. The normalized spacial score (nSPS) is 18.3. The van der Waals surface area contributed by atoms with Gasteiger partial charge in [0.25, 0.3) is 0 Å². The number of piperidine rings is 1. The summed E-state index contributed by atoms with van der Waals surface area (Å²) in [6.45, 7) is 8.14. The Morgan fingerprint density at radius 2 is 2.05 bits per heavy atom. The summed E-state index contributed by atoms with van der Waals surface area (Å²) in [7, 11) is 0. The second-order valence-corrected chi connectivity index (χ2v) is 5.78. The highest BCUT2D eigenvalue weighted by molar-refractivity contribution is 5.77. The van der Waals surface area contributed by atoms with Crippen molar-refractivity contribution in [2.75, 3.05) is 13.1 Å². The third kappa shape index (κ3) is 3.56. The summed E-state index contributed by atoms with van der Waals surface area (Å²) in [4.78, 5) is 12.0. The Morgan fingerprint density at radius 3 is 2.63 bits per heavy atom. The van der Waals surface area contributed by atoms with Crippen molar-refractivity contribution in [2.45, 2.75) is 52.0 Å². The van der Waals surface area contributed by atoms with Gasteiger partial charge in [-0.3, -0.25) is 9.89 Å². The Kier molecular flexibility index (Phi) is 4.24. The van der Waals surface area contributed by atoms with Crippen LogP contribution in [-0.4, -0.2) is 34.7 Å². The van der Waals surface area contributed by atoms with Crippen molar-refractivity contribution in [3.63, 3.8) is 0 Å². The van der Waals surface area contributed by atoms with Crippen LogP contribution < -0.4 is 10.6 Å². The summed E-state index contributed by atoms with van der Waals surface area (Å²) in [6, 6.07) is 0. The van der Waals surface area contributed by atoms with E-state index in [1.807, 2.05) is 13.8 Å². The van der Waals surface area contributed by atoms with Crippen molar-refractivity contribution in [2.24, 2.45) is 0 Å². The molecule has 0 spiro atoms. The highest BCUT2D eigenvalue weighted by Gasteiger charge is 2.28. The van der Waals surface area contributed by atoms with E-state index in [1.165, 1.54) is 5.56 Å². The number of hydrogen-bond donors (Lipinski definition) is 3. The van der Waals surface area contributed by atoms with E-state index in [-0.39, 0.29) is 11.4 Å². The van der Waals surface area contributed by atoms with Crippen LogP contribution in [0.3, 0.4) is 0 Å². The maximum absolute atomic E-state index is 12.0. The molecule has 1 fully saturated rings. The molecule has 5 heteroatoms. The molecule has 3 N–H and O–H groups in total. The van der Waals surface area contributed by atoms with Crippen LogP contribution in [0.2, 0.25) is 0 Å². The lowest BCUT2D eigenvalue weighted by Crippen LogP contribution is -2.52. The predicted octanol–water partition coefficient (Wildman–Crippen LogP) is 1.22. The van der Waals surface area contributed by atoms with Crippen LogP contribution in [0.15, 0.2) is 0 Å². The number of carbonyl (C=O) groups is 1. The molecule has 5 nitrogen and oxygen atoms in total. The summed E-state index contributed by atoms with van der Waals surface area (Å²) in [6.07, 6.45) is 3.21. The zero-order valence-electron chi connectivity index (χ0n) is 12.1. The van der Waals surface area contributed by atoms with Gasteiger partial charge in [0, 0.05) is 24.1 Å². The van der Waals surface area contributed by atoms with Gasteiger partial charge in [0.05, 0.1) is 5.69 Å². The molecule has 1 aromatic heterocycles. The minimum absolute atomic E-state index is 0.0428. The van der Waals surface area contributed by atoms with Gasteiger partial charge >= 0.3 is 0 Å². The number of nitrogens with zero attached hydrogens (tertiary/aromatic N) is 1. The van der Waals surface area contributed by atoms with Gasteiger partial charge in [0.1, 0.15) is 0 Å². The fourth-order valence-electron chi connectivity index (χ4n) is 2.51. The van der Waals surface area contributed by atoms with Gasteiger partial charge in [0.2, 0.25) is 5.91 Å². The second-order valence-electron chi connectivity index (χ2n) is 5.78. The van der Waals surface area contributed by atoms with Gasteiger partial charge in [-0.15, -0.1) is 0 Å². The second kappa shape index (κ2) is 5.74. The molecule has 1 amide bonds. The first kappa shape index (κ1) is 14.1. The summed E-state index contributed by atoms with van der Waals surface area (Å²) in [5.74, 6) is 0.129. The molecule has 1 saturated heterocycles. The topological polar surface area (TPSA) is 69.8 Å². The molecule has 19 heavy (non-hydrogen) atoms. The molecule has 0 unspecified atom stereocenters. The smallest absolute Gasteiger partial charge is 0.220 e. The zero-order valence-corrected chi connectivity index (χ0v) is 12.1. The molecule has 106 valence electrons. The van der Waals surface area contributed by atoms with E-state index in [0.717, 1.165) is 37.3 Å². The maximum Gasteiger partial charge on any atom is 0.220 e. The third-order valence-corrected chi connectivity index (χ3v) is 4.09. The maximum atomic E-state index is 12.0. The lowest BCUT2D eigenvalue weighted by Gasteiger charge is -2.35. The summed E-state index contributed by atoms with van der Waals surface area (Å²) < 4.78 is 0. The monoisotopic (exact) mass is 264 g/mol. The Morgan fingerprint density at radius 1 is 1.37 bits per heavy atom. The number of carbonyl (C=O) groups excluding carboxylic acids is 1. The molecule has 1 aromatic rings. The van der Waals surface area contributed by atoms with Crippen LogP contribution in [0.4, 0.5) is 0 Å². The number of H-pyrrole nitrogens is 1. The van der Waals surface area contributed by atoms with Crippen molar-refractivity contribution >= 4 is 5.91 Å². The molecule has 2 rings (SSSR count). The van der Waals surface area contributed by atoms with E-state index < -0.39 is 0 Å². The average molecular weight is 264 g/mol. The molecule has 1 aliphatic rings. The molecule has 0 aromatic carbocycles. The first-order valence-electron chi connectivity index (χ1n) is 7.02. The van der Waals surface area contributed by atoms with Crippen molar-refractivity contribution in [3.8, 4) is 0 Å². The highest BCUT2D eigenvalue weighted by atomic mass is 16.1. The zero-order chi connectivity index (χ0) is 13.9. The lowest BCUT2D eigenvalue weighted by molar-refractivity contribution is -0.123. The number of aromatic nitrogens is 2. The van der Waals surface area contributed by atoms with E-state index >= 15 is 0 Å². The minimum atomic E-state index is -0.0428. The van der Waals surface area contributed by atoms with Gasteiger partial charge in [-0.1, -0.05) is 0 Å². The highest BCUT2D eigenvalue weighted by Crippen LogP contribution is 2.17. The predicted molar refractivity (Wildman–Crippen MR) is 75.0 cm³/mol. The van der Waals surface area contributed by atoms with Gasteiger partial charge in [0.15, 0.2) is 0 Å². The van der Waals surface area contributed by atoms with Gasteiger partial charge in [-0.25, -0.2) is 0 Å². The number of aryl methyl sites for hydroxylation is 2. The van der Waals surface area contributed by atoms with E-state index in [0.29, 0.717) is 12.8 Å². The average Bonchev–Trinajstić information content (AvgIpc) is 2.68. The molecule has 0 radical (unpaired) electrons. The number of amides is 1. The van der Waals surface area contributed by atoms with Crippen molar-refractivity contribution in [3.05, 3.63) is 17.0 Å². The van der Waals surface area contributed by atoms with E-state index in [9.17, 15) is 4.79 Å². The molecule has 2 heterocycles. The van der Waals surface area contributed by atoms with Crippen molar-refractivity contribution in [1.82, 2.24) is 20.8 Å². The molecule has 1 aliphatic heterocycles. The lowest BCUT2D eigenvalue weighted by atomic mass is 9.90. The van der Waals surface area contributed by atoms with Gasteiger partial charge in [-0.2, -0.15) is 5.10 Å². The Hall–Kier alpha value is -1.36. The summed E-state index contributed by atoms with van der Waals surface area (Å²) in [5, 5.41) is 13.7. The number of aromatic amines is 1. The quantitative estimate of drug-likeness (QED) is 0.766. The van der Waals surface area contributed by atoms with E-state index in [4.69, 9.17) is 0 Å². The molecule has 0 saturated carbocycles. The minimum Gasteiger partial charge on any atom is -0.351 e. The van der Waals surface area contributed by atoms with Crippen molar-refractivity contribution < 1.29 is 4.79 Å². The Bertz CT molecular complexity index is 446. The largest absolute Gasteiger partial charge is 0.351 e. The van der Waals surface area contributed by atoms with Crippen molar-refractivity contribution in [1.29, 1.82) is 0 Å². The van der Waals surface area contributed by atoms with Crippen LogP contribution in [0.5, 0.6) is 0 Å². The van der Waals surface area contributed by atoms with Crippen LogP contribution >= 0.6 is 0 Å². The van der Waals surface area contributed by atoms with Crippen LogP contribution in [0, 0.1) is 13.8 Å². The summed E-state index contributed by atoms with van der Waals surface area (Å²) in [5.41, 5.74) is 3.21. The molecule has 0 aliphatic carbocycles. The fraction of sp³-hybridized carbons (Fsp3) is 0.714. The number of hydrogen-bond acceptors (Lipinski definition) is 3. The molecule has 0 atom stereocenters. The number of nitrogens with one attached hydrogen (secondary N) is 3. The Balaban J connectivity index is 1.83. The molecular weight excluding hydrogens is 240 g/mol. The van der Waals surface area contributed by atoms with E-state index in [2.05, 4.69) is 27.8 Å². The first-order valence-corrected chi connectivity index (χ1v) is 7.02. The van der Waals surface area contributed by atoms with Crippen LogP contribution in [0.1, 0.15) is 43.1 Å². The molecule has 0 bridgehead atoms. The Labute approximate surface area is 114 Å². The number of rotatable bonds is 4. The van der Waals surface area contributed by atoms with E-state index in [1.54, 1.807) is 0 Å². The third-order valence-electron chi connectivity index (χ3n) is 4.09. The summed E-state index contributed by atoms with van der Waals surface area (Å²) >= 11 is 0. The van der Waals surface area contributed by atoms with Gasteiger partial charge in [-0.05, 0) is 52.3 Å². The fourth-order valence-corrected chi connectivity index (χ4v) is 2.51. The van der Waals surface area contributed by atoms with Crippen LogP contribution in [-0.2, 0) is 11.2 Å². The molecular formula is C14H24N4O. The van der Waals surface area contributed by atoms with Gasteiger partial charge < -0.3 is 10.6 Å².